The third kappa shape index (κ3) is 3.70. The molecule has 1 aromatic heterocycles. The number of unbranched alkanes of at least 4 members (excludes halogenated alkanes) is 1. The van der Waals surface area contributed by atoms with Gasteiger partial charge < -0.3 is 10.2 Å². The summed E-state index contributed by atoms with van der Waals surface area (Å²) in [5, 5.41) is 3.66. The highest BCUT2D eigenvalue weighted by atomic mass is 15.2. The molecule has 3 heteroatoms. The Bertz CT molecular complexity index is 357. The summed E-state index contributed by atoms with van der Waals surface area (Å²) in [6.07, 6.45) is 5.04. The van der Waals surface area contributed by atoms with Crippen LogP contribution in [-0.2, 0) is 0 Å². The van der Waals surface area contributed by atoms with E-state index in [-0.39, 0.29) is 0 Å². The molecular formula is C15H25N3. The fourth-order valence-corrected chi connectivity index (χ4v) is 2.50. The first-order chi connectivity index (χ1) is 8.79. The molecule has 100 valence electrons. The van der Waals surface area contributed by atoms with Crippen molar-refractivity contribution in [2.75, 3.05) is 24.5 Å². The Hall–Kier alpha value is -1.09. The summed E-state index contributed by atoms with van der Waals surface area (Å²) in [4.78, 5) is 7.01. The average Bonchev–Trinajstić information content (AvgIpc) is 2.40. The van der Waals surface area contributed by atoms with Crippen LogP contribution in [-0.4, -0.2) is 30.7 Å². The fourth-order valence-electron chi connectivity index (χ4n) is 2.50. The van der Waals surface area contributed by atoms with Crippen LogP contribution in [0.25, 0.3) is 0 Å². The average molecular weight is 247 g/mol. The number of piperidine rings is 1. The highest BCUT2D eigenvalue weighted by molar-refractivity contribution is 5.39. The molecule has 0 saturated carbocycles. The van der Waals surface area contributed by atoms with Crippen LogP contribution in [0.4, 0.5) is 5.82 Å². The number of pyridine rings is 1. The van der Waals surface area contributed by atoms with E-state index in [0.29, 0.717) is 6.04 Å². The van der Waals surface area contributed by atoms with Crippen molar-refractivity contribution in [2.45, 2.75) is 45.6 Å². The van der Waals surface area contributed by atoms with Crippen LogP contribution in [0.5, 0.6) is 0 Å². The van der Waals surface area contributed by atoms with Crippen molar-refractivity contribution in [3.05, 3.63) is 23.9 Å². The number of hydrogen-bond acceptors (Lipinski definition) is 3. The highest BCUT2D eigenvalue weighted by Gasteiger charge is 2.19. The SMILES string of the molecule is CCCCNC1CCN(c2cccc(C)n2)CC1. The van der Waals surface area contributed by atoms with Gasteiger partial charge >= 0.3 is 0 Å². The predicted molar refractivity (Wildman–Crippen MR) is 77.1 cm³/mol. The van der Waals surface area contributed by atoms with E-state index in [1.807, 2.05) is 0 Å². The monoisotopic (exact) mass is 247 g/mol. The zero-order valence-electron chi connectivity index (χ0n) is 11.7. The van der Waals surface area contributed by atoms with E-state index in [9.17, 15) is 0 Å². The summed E-state index contributed by atoms with van der Waals surface area (Å²) < 4.78 is 0. The lowest BCUT2D eigenvalue weighted by Crippen LogP contribution is -2.43. The molecule has 0 amide bonds. The van der Waals surface area contributed by atoms with Crippen molar-refractivity contribution < 1.29 is 0 Å². The Morgan fingerprint density at radius 3 is 2.78 bits per heavy atom. The third-order valence-electron chi connectivity index (χ3n) is 3.66. The van der Waals surface area contributed by atoms with Gasteiger partial charge in [0.25, 0.3) is 0 Å². The van der Waals surface area contributed by atoms with Crippen molar-refractivity contribution in [3.63, 3.8) is 0 Å². The summed E-state index contributed by atoms with van der Waals surface area (Å²) >= 11 is 0. The minimum absolute atomic E-state index is 0.706. The Morgan fingerprint density at radius 2 is 2.11 bits per heavy atom. The van der Waals surface area contributed by atoms with E-state index in [2.05, 4.69) is 47.2 Å². The summed E-state index contributed by atoms with van der Waals surface area (Å²) in [6, 6.07) is 6.99. The van der Waals surface area contributed by atoms with Crippen LogP contribution >= 0.6 is 0 Å². The Labute approximate surface area is 111 Å². The Kier molecular flexibility index (Phi) is 5.00. The molecule has 0 radical (unpaired) electrons. The minimum Gasteiger partial charge on any atom is -0.356 e. The van der Waals surface area contributed by atoms with E-state index in [4.69, 9.17) is 0 Å². The molecule has 18 heavy (non-hydrogen) atoms. The van der Waals surface area contributed by atoms with Crippen molar-refractivity contribution >= 4 is 5.82 Å². The van der Waals surface area contributed by atoms with E-state index < -0.39 is 0 Å². The standard InChI is InChI=1S/C15H25N3/c1-3-4-10-16-14-8-11-18(12-9-14)15-7-5-6-13(2)17-15/h5-7,14,16H,3-4,8-12H2,1-2H3. The Balaban J connectivity index is 1.79. The second-order valence-electron chi connectivity index (χ2n) is 5.21. The summed E-state index contributed by atoms with van der Waals surface area (Å²) in [7, 11) is 0. The van der Waals surface area contributed by atoms with E-state index in [1.165, 1.54) is 32.2 Å². The van der Waals surface area contributed by atoms with Crippen LogP contribution < -0.4 is 10.2 Å². The number of nitrogens with zero attached hydrogens (tertiary/aromatic N) is 2. The number of aromatic nitrogens is 1. The topological polar surface area (TPSA) is 28.2 Å². The van der Waals surface area contributed by atoms with Crippen molar-refractivity contribution in [1.82, 2.24) is 10.3 Å². The molecule has 1 aliphatic rings. The molecule has 0 unspecified atom stereocenters. The van der Waals surface area contributed by atoms with Gasteiger partial charge in [-0.25, -0.2) is 4.98 Å². The first kappa shape index (κ1) is 13.3. The van der Waals surface area contributed by atoms with Gasteiger partial charge in [0.15, 0.2) is 0 Å². The number of aryl methyl sites for hydroxylation is 1. The number of rotatable bonds is 5. The van der Waals surface area contributed by atoms with Crippen LogP contribution in [0.3, 0.4) is 0 Å². The maximum atomic E-state index is 4.60. The van der Waals surface area contributed by atoms with Gasteiger partial charge in [-0.1, -0.05) is 19.4 Å². The fraction of sp³-hybridized carbons (Fsp3) is 0.667. The largest absolute Gasteiger partial charge is 0.356 e. The molecule has 3 nitrogen and oxygen atoms in total. The lowest BCUT2D eigenvalue weighted by atomic mass is 10.0. The molecule has 2 rings (SSSR count). The van der Waals surface area contributed by atoms with Gasteiger partial charge in [0.1, 0.15) is 5.82 Å². The van der Waals surface area contributed by atoms with Gasteiger partial charge in [-0.3, -0.25) is 0 Å². The van der Waals surface area contributed by atoms with Gasteiger partial charge in [-0.15, -0.1) is 0 Å². The van der Waals surface area contributed by atoms with Crippen molar-refractivity contribution in [1.29, 1.82) is 0 Å². The molecule has 0 bridgehead atoms. The zero-order chi connectivity index (χ0) is 12.8. The molecule has 2 heterocycles. The number of hydrogen-bond donors (Lipinski definition) is 1. The maximum Gasteiger partial charge on any atom is 0.128 e. The molecule has 1 N–H and O–H groups in total. The highest BCUT2D eigenvalue weighted by Crippen LogP contribution is 2.18. The van der Waals surface area contributed by atoms with Gasteiger partial charge in [0.2, 0.25) is 0 Å². The first-order valence-electron chi connectivity index (χ1n) is 7.21. The summed E-state index contributed by atoms with van der Waals surface area (Å²) in [5.41, 5.74) is 1.11. The van der Waals surface area contributed by atoms with Gasteiger partial charge in [0, 0.05) is 24.8 Å². The van der Waals surface area contributed by atoms with Crippen LogP contribution in [0.2, 0.25) is 0 Å². The van der Waals surface area contributed by atoms with Crippen molar-refractivity contribution in [2.24, 2.45) is 0 Å². The lowest BCUT2D eigenvalue weighted by Gasteiger charge is -2.33. The smallest absolute Gasteiger partial charge is 0.128 e. The van der Waals surface area contributed by atoms with Crippen LogP contribution in [0, 0.1) is 6.92 Å². The van der Waals surface area contributed by atoms with Crippen LogP contribution in [0.1, 0.15) is 38.3 Å². The molecule has 0 atom stereocenters. The summed E-state index contributed by atoms with van der Waals surface area (Å²) in [5.74, 6) is 1.14. The van der Waals surface area contributed by atoms with Crippen LogP contribution in [0.15, 0.2) is 18.2 Å². The number of anilines is 1. The quantitative estimate of drug-likeness (QED) is 0.811. The van der Waals surface area contributed by atoms with Gasteiger partial charge in [-0.05, 0) is 44.9 Å². The third-order valence-corrected chi connectivity index (χ3v) is 3.66. The molecule has 1 fully saturated rings. The molecule has 0 aliphatic carbocycles. The molecule has 0 aromatic carbocycles. The van der Waals surface area contributed by atoms with E-state index >= 15 is 0 Å². The molecule has 0 spiro atoms. The first-order valence-corrected chi connectivity index (χ1v) is 7.21. The normalized spacial score (nSPS) is 17.1. The lowest BCUT2D eigenvalue weighted by molar-refractivity contribution is 0.411. The van der Waals surface area contributed by atoms with Gasteiger partial charge in [-0.2, -0.15) is 0 Å². The predicted octanol–water partition coefficient (Wildman–Crippen LogP) is 2.75. The maximum absolute atomic E-state index is 4.60. The van der Waals surface area contributed by atoms with Gasteiger partial charge in [0.05, 0.1) is 0 Å². The Morgan fingerprint density at radius 1 is 1.33 bits per heavy atom. The zero-order valence-corrected chi connectivity index (χ0v) is 11.7. The van der Waals surface area contributed by atoms with E-state index in [1.54, 1.807) is 0 Å². The van der Waals surface area contributed by atoms with E-state index in [0.717, 1.165) is 24.6 Å². The summed E-state index contributed by atoms with van der Waals surface area (Å²) in [6.45, 7) is 7.72. The van der Waals surface area contributed by atoms with Crippen molar-refractivity contribution in [3.8, 4) is 0 Å². The minimum atomic E-state index is 0.706. The molecule has 1 saturated heterocycles. The molecule has 1 aliphatic heterocycles. The molecule has 1 aromatic rings. The molecular weight excluding hydrogens is 222 g/mol. The number of nitrogens with one attached hydrogen (secondary N) is 1. The second-order valence-corrected chi connectivity index (χ2v) is 5.21. The second kappa shape index (κ2) is 6.74.